The first-order valence-corrected chi connectivity index (χ1v) is 5.22. The summed E-state index contributed by atoms with van der Waals surface area (Å²) in [5.74, 6) is 0.461. The van der Waals surface area contributed by atoms with E-state index in [0.717, 1.165) is 11.1 Å². The zero-order valence-electron chi connectivity index (χ0n) is 9.14. The van der Waals surface area contributed by atoms with Gasteiger partial charge in [-0.05, 0) is 30.2 Å². The molecule has 0 amide bonds. The van der Waals surface area contributed by atoms with E-state index in [1.165, 1.54) is 0 Å². The van der Waals surface area contributed by atoms with Crippen LogP contribution < -0.4 is 0 Å². The number of hydrogen-bond donors (Lipinski definition) is 2. The molecule has 0 heterocycles. The van der Waals surface area contributed by atoms with Crippen molar-refractivity contribution >= 4 is 0 Å². The third-order valence-electron chi connectivity index (χ3n) is 2.63. The summed E-state index contributed by atoms with van der Waals surface area (Å²) in [6.07, 6.45) is 0.626. The lowest BCUT2D eigenvalue weighted by atomic mass is 10.0. The topological polar surface area (TPSA) is 40.5 Å². The zero-order valence-corrected chi connectivity index (χ0v) is 9.14. The van der Waals surface area contributed by atoms with Gasteiger partial charge in [0.15, 0.2) is 0 Å². The summed E-state index contributed by atoms with van der Waals surface area (Å²) in [4.78, 5) is 0. The summed E-state index contributed by atoms with van der Waals surface area (Å²) in [7, 11) is 0. The van der Waals surface area contributed by atoms with Gasteiger partial charge in [0.2, 0.25) is 0 Å². The Morgan fingerprint density at radius 3 is 2.31 bits per heavy atom. The van der Waals surface area contributed by atoms with Gasteiger partial charge >= 0.3 is 0 Å². The molecule has 0 radical (unpaired) electrons. The predicted molar refractivity (Wildman–Crippen MR) is 63.8 cm³/mol. The molecule has 2 nitrogen and oxygen atoms in total. The molecule has 2 aromatic rings. The van der Waals surface area contributed by atoms with Gasteiger partial charge in [-0.2, -0.15) is 0 Å². The Hall–Kier alpha value is -1.96. The summed E-state index contributed by atoms with van der Waals surface area (Å²) in [6, 6.07) is 13.1. The standard InChI is InChI=1S/C14H14O2/c1-10-7-14(16)12(9-13(10)15)8-11-5-3-2-4-6-11/h2-7,9,15-16H,8H2,1H3. The van der Waals surface area contributed by atoms with Crippen LogP contribution in [0, 0.1) is 6.92 Å². The van der Waals surface area contributed by atoms with E-state index in [4.69, 9.17) is 0 Å². The van der Waals surface area contributed by atoms with Crippen LogP contribution in [-0.2, 0) is 6.42 Å². The van der Waals surface area contributed by atoms with Crippen LogP contribution in [0.15, 0.2) is 42.5 Å². The Morgan fingerprint density at radius 2 is 1.62 bits per heavy atom. The molecule has 0 atom stereocenters. The molecule has 2 N–H and O–H groups in total. The van der Waals surface area contributed by atoms with Gasteiger partial charge in [0.05, 0.1) is 0 Å². The Morgan fingerprint density at radius 1 is 0.938 bits per heavy atom. The molecule has 0 unspecified atom stereocenters. The molecular weight excluding hydrogens is 200 g/mol. The third kappa shape index (κ3) is 2.16. The van der Waals surface area contributed by atoms with Gasteiger partial charge in [0, 0.05) is 12.0 Å². The number of aromatic hydroxyl groups is 2. The highest BCUT2D eigenvalue weighted by Gasteiger charge is 2.06. The molecule has 2 aromatic carbocycles. The first-order chi connectivity index (χ1) is 7.66. The fraction of sp³-hybridized carbons (Fsp3) is 0.143. The Kier molecular flexibility index (Phi) is 2.82. The van der Waals surface area contributed by atoms with E-state index in [2.05, 4.69) is 0 Å². The molecule has 0 aromatic heterocycles. The molecule has 2 rings (SSSR count). The second-order valence-electron chi connectivity index (χ2n) is 3.93. The summed E-state index contributed by atoms with van der Waals surface area (Å²) in [5, 5.41) is 19.4. The maximum absolute atomic E-state index is 9.77. The minimum Gasteiger partial charge on any atom is -0.508 e. The minimum absolute atomic E-state index is 0.226. The highest BCUT2D eigenvalue weighted by Crippen LogP contribution is 2.28. The second kappa shape index (κ2) is 4.27. The Labute approximate surface area is 94.8 Å². The van der Waals surface area contributed by atoms with Crippen LogP contribution in [0.4, 0.5) is 0 Å². The molecule has 0 saturated heterocycles. The van der Waals surface area contributed by atoms with Gasteiger partial charge in [-0.3, -0.25) is 0 Å². The SMILES string of the molecule is Cc1cc(O)c(Cc2ccccc2)cc1O. The number of rotatable bonds is 2. The maximum Gasteiger partial charge on any atom is 0.119 e. The van der Waals surface area contributed by atoms with Gasteiger partial charge in [-0.25, -0.2) is 0 Å². The van der Waals surface area contributed by atoms with E-state index in [1.807, 2.05) is 30.3 Å². The van der Waals surface area contributed by atoms with E-state index < -0.39 is 0 Å². The normalized spacial score (nSPS) is 10.3. The number of benzene rings is 2. The van der Waals surface area contributed by atoms with Crippen LogP contribution in [0.1, 0.15) is 16.7 Å². The van der Waals surface area contributed by atoms with Crippen LogP contribution in [0.2, 0.25) is 0 Å². The highest BCUT2D eigenvalue weighted by atomic mass is 16.3. The van der Waals surface area contributed by atoms with Crippen LogP contribution in [0.25, 0.3) is 0 Å². The van der Waals surface area contributed by atoms with Crippen molar-refractivity contribution in [2.75, 3.05) is 0 Å². The smallest absolute Gasteiger partial charge is 0.119 e. The summed E-state index contributed by atoms with van der Waals surface area (Å²) < 4.78 is 0. The predicted octanol–water partition coefficient (Wildman–Crippen LogP) is 3.00. The zero-order chi connectivity index (χ0) is 11.5. The molecule has 0 bridgehead atoms. The summed E-state index contributed by atoms with van der Waals surface area (Å²) in [6.45, 7) is 1.77. The van der Waals surface area contributed by atoms with Crippen LogP contribution >= 0.6 is 0 Å². The van der Waals surface area contributed by atoms with Gasteiger partial charge in [-0.1, -0.05) is 30.3 Å². The van der Waals surface area contributed by atoms with Crippen molar-refractivity contribution in [1.82, 2.24) is 0 Å². The molecule has 0 aliphatic heterocycles. The molecular formula is C14H14O2. The fourth-order valence-electron chi connectivity index (χ4n) is 1.68. The highest BCUT2D eigenvalue weighted by molar-refractivity contribution is 5.46. The lowest BCUT2D eigenvalue weighted by Crippen LogP contribution is -1.89. The van der Waals surface area contributed by atoms with Crippen molar-refractivity contribution in [2.45, 2.75) is 13.3 Å². The first kappa shape index (κ1) is 10.6. The number of aryl methyl sites for hydroxylation is 1. The molecule has 0 aliphatic carbocycles. The average Bonchev–Trinajstić information content (AvgIpc) is 2.27. The fourth-order valence-corrected chi connectivity index (χ4v) is 1.68. The van der Waals surface area contributed by atoms with E-state index >= 15 is 0 Å². The molecule has 0 saturated carbocycles. The monoisotopic (exact) mass is 214 g/mol. The number of hydrogen-bond acceptors (Lipinski definition) is 2. The maximum atomic E-state index is 9.77. The molecule has 0 fully saturated rings. The van der Waals surface area contributed by atoms with E-state index in [0.29, 0.717) is 12.0 Å². The largest absolute Gasteiger partial charge is 0.508 e. The van der Waals surface area contributed by atoms with Crippen molar-refractivity contribution in [3.63, 3.8) is 0 Å². The van der Waals surface area contributed by atoms with Crippen LogP contribution in [-0.4, -0.2) is 10.2 Å². The quantitative estimate of drug-likeness (QED) is 0.754. The average molecular weight is 214 g/mol. The molecule has 0 spiro atoms. The molecule has 2 heteroatoms. The second-order valence-corrected chi connectivity index (χ2v) is 3.93. The van der Waals surface area contributed by atoms with Crippen molar-refractivity contribution in [1.29, 1.82) is 0 Å². The van der Waals surface area contributed by atoms with E-state index in [1.54, 1.807) is 19.1 Å². The lowest BCUT2D eigenvalue weighted by molar-refractivity contribution is 0.452. The van der Waals surface area contributed by atoms with Gasteiger partial charge in [0.1, 0.15) is 11.5 Å². The minimum atomic E-state index is 0.226. The number of phenolic OH excluding ortho intramolecular Hbond substituents is 2. The van der Waals surface area contributed by atoms with Gasteiger partial charge in [-0.15, -0.1) is 0 Å². The summed E-state index contributed by atoms with van der Waals surface area (Å²) in [5.41, 5.74) is 2.55. The van der Waals surface area contributed by atoms with Crippen molar-refractivity contribution in [2.24, 2.45) is 0 Å². The molecule has 82 valence electrons. The first-order valence-electron chi connectivity index (χ1n) is 5.22. The summed E-state index contributed by atoms with van der Waals surface area (Å²) >= 11 is 0. The molecule has 0 aliphatic rings. The van der Waals surface area contributed by atoms with Crippen LogP contribution in [0.5, 0.6) is 11.5 Å². The third-order valence-corrected chi connectivity index (χ3v) is 2.63. The van der Waals surface area contributed by atoms with Crippen molar-refractivity contribution in [3.8, 4) is 11.5 Å². The van der Waals surface area contributed by atoms with E-state index in [9.17, 15) is 10.2 Å². The van der Waals surface area contributed by atoms with Crippen molar-refractivity contribution in [3.05, 3.63) is 59.2 Å². The Bertz CT molecular complexity index is 490. The lowest BCUT2D eigenvalue weighted by Gasteiger charge is -2.07. The van der Waals surface area contributed by atoms with Gasteiger partial charge < -0.3 is 10.2 Å². The Balaban J connectivity index is 2.32. The molecule has 16 heavy (non-hydrogen) atoms. The number of phenols is 2. The van der Waals surface area contributed by atoms with E-state index in [-0.39, 0.29) is 11.5 Å². The van der Waals surface area contributed by atoms with Crippen molar-refractivity contribution < 1.29 is 10.2 Å². The van der Waals surface area contributed by atoms with Gasteiger partial charge in [0.25, 0.3) is 0 Å². The van der Waals surface area contributed by atoms with Crippen LogP contribution in [0.3, 0.4) is 0 Å².